The lowest BCUT2D eigenvalue weighted by molar-refractivity contribution is 0.427. The zero-order valence-corrected chi connectivity index (χ0v) is 3.95. The van der Waals surface area contributed by atoms with Gasteiger partial charge in [-0.3, -0.25) is 0 Å². The van der Waals surface area contributed by atoms with Gasteiger partial charge in [0.15, 0.2) is 0 Å². The van der Waals surface area contributed by atoms with E-state index in [-0.39, 0.29) is 0 Å². The molecule has 0 radical (unpaired) electrons. The quantitative estimate of drug-likeness (QED) is 0.480. The molecule has 1 heteroatoms. The Hall–Kier alpha value is -0.510. The van der Waals surface area contributed by atoms with Gasteiger partial charge in [0.1, 0.15) is 0 Å². The van der Waals surface area contributed by atoms with Crippen molar-refractivity contribution in [2.75, 3.05) is 0 Å². The number of hydrogen-bond acceptors (Lipinski definition) is 1. The zero-order valence-electron chi connectivity index (χ0n) is 14.9. The number of rotatable bonds is 0. The SMILES string of the molecule is [2H]C1([2H])C([2H])([2H])C([2H])([2H])C([2H])(C#N)C([2H])([2H])C1([2H])[2H]. The predicted octanol–water partition coefficient (Wildman–Crippen LogP) is 2.09. The summed E-state index contributed by atoms with van der Waals surface area (Å²) in [6.45, 7) is 0. The van der Waals surface area contributed by atoms with Crippen LogP contribution in [-0.2, 0) is 0 Å². The van der Waals surface area contributed by atoms with Gasteiger partial charge in [-0.05, 0) is 12.7 Å². The Kier molecular flexibility index (Phi) is 0.313. The Balaban J connectivity index is 3.83. The molecule has 0 heterocycles. The molecule has 0 aliphatic heterocycles. The Morgan fingerprint density at radius 1 is 1.50 bits per heavy atom. The van der Waals surface area contributed by atoms with Crippen LogP contribution in [0.2, 0.25) is 0 Å². The van der Waals surface area contributed by atoms with Crippen molar-refractivity contribution in [3.05, 3.63) is 0 Å². The van der Waals surface area contributed by atoms with E-state index in [0.717, 1.165) is 6.07 Å². The molecule has 0 N–H and O–H groups in total. The highest BCUT2D eigenvalue weighted by molar-refractivity contribution is 4.84. The first kappa shape index (κ1) is 0.923. The highest BCUT2D eigenvalue weighted by atomic mass is 14.3. The lowest BCUT2D eigenvalue weighted by Crippen LogP contribution is -2.02. The lowest BCUT2D eigenvalue weighted by atomic mass is 9.91. The topological polar surface area (TPSA) is 23.8 Å². The van der Waals surface area contributed by atoms with Crippen LogP contribution in [0.5, 0.6) is 0 Å². The van der Waals surface area contributed by atoms with Gasteiger partial charge >= 0.3 is 0 Å². The van der Waals surface area contributed by atoms with Crippen LogP contribution in [0.3, 0.4) is 0 Å². The largest absolute Gasteiger partial charge is 0.198 e. The fourth-order valence-corrected chi connectivity index (χ4v) is 0.306. The molecule has 44 valence electrons. The van der Waals surface area contributed by atoms with Crippen LogP contribution in [0.1, 0.15) is 46.9 Å². The molecule has 1 fully saturated rings. The smallest absolute Gasteiger partial charge is 0.0655 e. The van der Waals surface area contributed by atoms with E-state index in [1.807, 2.05) is 0 Å². The third-order valence-electron chi connectivity index (χ3n) is 0.612. The molecule has 0 unspecified atom stereocenters. The van der Waals surface area contributed by atoms with Crippen LogP contribution in [0, 0.1) is 17.2 Å². The molecule has 0 aromatic rings. The van der Waals surface area contributed by atoms with Gasteiger partial charge in [0.25, 0.3) is 0 Å². The Labute approximate surface area is 65.8 Å². The molecule has 8 heavy (non-hydrogen) atoms. The summed E-state index contributed by atoms with van der Waals surface area (Å²) in [5.41, 5.74) is 0. The van der Waals surface area contributed by atoms with Gasteiger partial charge in [-0.25, -0.2) is 0 Å². The number of nitriles is 1. The second-order valence-corrected chi connectivity index (χ2v) is 1.11. The molecular formula is C7H11N. The van der Waals surface area contributed by atoms with Crippen LogP contribution >= 0.6 is 0 Å². The Morgan fingerprint density at radius 2 is 2.12 bits per heavy atom. The first-order valence-corrected chi connectivity index (χ1v) is 1.97. The maximum atomic E-state index is 8.88. The summed E-state index contributed by atoms with van der Waals surface area (Å²) >= 11 is 0. The first-order valence-electron chi connectivity index (χ1n) is 7.47. The highest BCUT2D eigenvalue weighted by Gasteiger charge is 2.10. The van der Waals surface area contributed by atoms with Crippen molar-refractivity contribution >= 4 is 0 Å². The van der Waals surface area contributed by atoms with Gasteiger partial charge < -0.3 is 0 Å². The Morgan fingerprint density at radius 3 is 2.62 bits per heavy atom. The summed E-state index contributed by atoms with van der Waals surface area (Å²) in [5.74, 6) is -3.43. The van der Waals surface area contributed by atoms with E-state index in [9.17, 15) is 0 Å². The van der Waals surface area contributed by atoms with Gasteiger partial charge in [-0.1, -0.05) is 19.1 Å². The van der Waals surface area contributed by atoms with E-state index < -0.39 is 37.8 Å². The van der Waals surface area contributed by atoms with Gasteiger partial charge in [0, 0.05) is 21.0 Å². The molecule has 0 bridgehead atoms. The molecular weight excluding hydrogens is 98.1 g/mol. The minimum absolute atomic E-state index is 0.980. The third kappa shape index (κ3) is 1.23. The van der Waals surface area contributed by atoms with Crippen LogP contribution < -0.4 is 0 Å². The average Bonchev–Trinajstić information content (AvgIpc) is 2.24. The average molecular weight is 120 g/mol. The maximum absolute atomic E-state index is 8.88. The second-order valence-electron chi connectivity index (χ2n) is 1.11. The standard InChI is InChI=1S/C7H11N/c8-6-7-4-2-1-3-5-7/h7H,1-5H2/i1D2,2D2,3D2,4D2,5D2,7D. The first-order chi connectivity index (χ1) is 8.06. The van der Waals surface area contributed by atoms with Crippen molar-refractivity contribution in [3.8, 4) is 6.07 Å². The fraction of sp³-hybridized carbons (Fsp3) is 0.857. The summed E-state index contributed by atoms with van der Waals surface area (Å²) in [6.07, 6.45) is -17.8. The van der Waals surface area contributed by atoms with Crippen molar-refractivity contribution in [2.45, 2.75) is 31.9 Å². The van der Waals surface area contributed by atoms with E-state index >= 15 is 0 Å². The maximum Gasteiger partial charge on any atom is 0.0655 e. The Bertz CT molecular complexity index is 414. The summed E-state index contributed by atoms with van der Waals surface area (Å²) in [5, 5.41) is 8.88. The van der Waals surface area contributed by atoms with Crippen LogP contribution in [0.4, 0.5) is 0 Å². The third-order valence-corrected chi connectivity index (χ3v) is 0.612. The van der Waals surface area contributed by atoms with Crippen molar-refractivity contribution in [2.24, 2.45) is 5.89 Å². The van der Waals surface area contributed by atoms with E-state index in [1.165, 1.54) is 0 Å². The van der Waals surface area contributed by atoms with E-state index in [2.05, 4.69) is 0 Å². The molecule has 1 saturated carbocycles. The summed E-state index contributed by atoms with van der Waals surface area (Å²) in [7, 11) is 0. The molecule has 1 aliphatic carbocycles. The second kappa shape index (κ2) is 2.71. The number of hydrogen-bond donors (Lipinski definition) is 0. The molecule has 0 saturated heterocycles. The molecule has 1 rings (SSSR count). The van der Waals surface area contributed by atoms with E-state index in [1.54, 1.807) is 0 Å². The highest BCUT2D eigenvalue weighted by Crippen LogP contribution is 2.22. The van der Waals surface area contributed by atoms with Crippen LogP contribution in [-0.4, -0.2) is 0 Å². The summed E-state index contributed by atoms with van der Waals surface area (Å²) in [6, 6.07) is 0.980. The molecule has 0 atom stereocenters. The normalized spacial score (nSPS) is 78.1. The van der Waals surface area contributed by atoms with Gasteiger partial charge in [0.2, 0.25) is 0 Å². The van der Waals surface area contributed by atoms with Gasteiger partial charge in [-0.15, -0.1) is 0 Å². The minimum atomic E-state index is -3.56. The lowest BCUT2D eigenvalue weighted by Gasteiger charge is -2.13. The van der Waals surface area contributed by atoms with Crippen molar-refractivity contribution < 1.29 is 15.1 Å². The number of nitrogens with zero attached hydrogens (tertiary/aromatic N) is 1. The van der Waals surface area contributed by atoms with Crippen molar-refractivity contribution in [1.82, 2.24) is 0 Å². The molecule has 0 spiro atoms. The molecule has 0 aromatic carbocycles. The summed E-state index contributed by atoms with van der Waals surface area (Å²) in [4.78, 5) is 0. The fourth-order valence-electron chi connectivity index (χ4n) is 0.306. The summed E-state index contributed by atoms with van der Waals surface area (Å²) < 4.78 is 82.4. The minimum Gasteiger partial charge on any atom is -0.198 e. The predicted molar refractivity (Wildman–Crippen MR) is 32.2 cm³/mol. The van der Waals surface area contributed by atoms with Crippen molar-refractivity contribution in [1.29, 1.82) is 5.26 Å². The van der Waals surface area contributed by atoms with Crippen LogP contribution in [0.25, 0.3) is 0 Å². The molecule has 1 nitrogen and oxygen atoms in total. The molecule has 0 aromatic heterocycles. The van der Waals surface area contributed by atoms with Crippen molar-refractivity contribution in [3.63, 3.8) is 0 Å². The van der Waals surface area contributed by atoms with Gasteiger partial charge in [-0.2, -0.15) is 5.26 Å². The van der Waals surface area contributed by atoms with E-state index in [4.69, 9.17) is 20.3 Å². The molecule has 1 aliphatic rings. The van der Waals surface area contributed by atoms with E-state index in [0.29, 0.717) is 0 Å². The molecule has 0 amide bonds. The van der Waals surface area contributed by atoms with Gasteiger partial charge in [0.05, 0.1) is 6.07 Å². The zero-order chi connectivity index (χ0) is 15.7. The van der Waals surface area contributed by atoms with Crippen LogP contribution in [0.15, 0.2) is 0 Å². The monoisotopic (exact) mass is 120 g/mol.